The van der Waals surface area contributed by atoms with Crippen molar-refractivity contribution in [2.45, 2.75) is 6.36 Å². The first-order chi connectivity index (χ1) is 11.7. The van der Waals surface area contributed by atoms with Gasteiger partial charge in [-0.3, -0.25) is 9.59 Å². The van der Waals surface area contributed by atoms with Crippen LogP contribution in [0.15, 0.2) is 36.3 Å². The van der Waals surface area contributed by atoms with Crippen molar-refractivity contribution in [2.24, 2.45) is 0 Å². The monoisotopic (exact) mass is 360 g/mol. The molecule has 2 amide bonds. The number of ether oxygens (including phenoxy) is 3. The van der Waals surface area contributed by atoms with Crippen LogP contribution in [0, 0.1) is 0 Å². The van der Waals surface area contributed by atoms with E-state index in [1.165, 1.54) is 25.4 Å². The molecule has 136 valence electrons. The molecule has 1 N–H and O–H groups in total. The molecule has 1 aliphatic heterocycles. The Bertz CT molecular complexity index is 658. The summed E-state index contributed by atoms with van der Waals surface area (Å²) in [6.45, 7) is 0.305. The Labute approximate surface area is 140 Å². The number of carbonyl (C=O) groups is 2. The molecule has 0 bridgehead atoms. The van der Waals surface area contributed by atoms with Crippen molar-refractivity contribution in [3.63, 3.8) is 0 Å². The van der Waals surface area contributed by atoms with E-state index in [1.807, 2.05) is 0 Å². The second-order valence-corrected chi connectivity index (χ2v) is 4.98. The number of nitrogens with zero attached hydrogens (tertiary/aromatic N) is 1. The highest BCUT2D eigenvalue weighted by Crippen LogP contribution is 2.23. The Morgan fingerprint density at radius 2 is 1.92 bits per heavy atom. The van der Waals surface area contributed by atoms with E-state index in [4.69, 9.17) is 9.47 Å². The Balaban J connectivity index is 1.87. The molecule has 25 heavy (non-hydrogen) atoms. The first kappa shape index (κ1) is 18.4. The van der Waals surface area contributed by atoms with Crippen molar-refractivity contribution in [3.8, 4) is 5.75 Å². The van der Waals surface area contributed by atoms with E-state index in [9.17, 15) is 22.8 Å². The molecule has 7 nitrogen and oxygen atoms in total. The van der Waals surface area contributed by atoms with Gasteiger partial charge in [0.05, 0.1) is 6.54 Å². The number of alkyl halides is 3. The summed E-state index contributed by atoms with van der Waals surface area (Å²) in [4.78, 5) is 25.1. The van der Waals surface area contributed by atoms with Gasteiger partial charge >= 0.3 is 6.36 Å². The minimum atomic E-state index is -4.78. The second kappa shape index (κ2) is 7.77. The minimum Gasteiger partial charge on any atom is -0.494 e. The van der Waals surface area contributed by atoms with Crippen LogP contribution in [0.1, 0.15) is 0 Å². The SMILES string of the molecule is CN(CC(=O)Nc1ccc(OC(F)(F)F)cc1)C(=O)C1=COCCO1. The smallest absolute Gasteiger partial charge is 0.494 e. The fourth-order valence-corrected chi connectivity index (χ4v) is 1.90. The first-order valence-corrected chi connectivity index (χ1v) is 7.10. The van der Waals surface area contributed by atoms with Gasteiger partial charge in [-0.1, -0.05) is 0 Å². The van der Waals surface area contributed by atoms with Gasteiger partial charge in [0.2, 0.25) is 11.7 Å². The van der Waals surface area contributed by atoms with E-state index in [2.05, 4.69) is 10.1 Å². The number of likely N-dealkylation sites (N-methyl/N-ethyl adjacent to an activating group) is 1. The van der Waals surface area contributed by atoms with Crippen LogP contribution in [-0.4, -0.2) is 49.9 Å². The fourth-order valence-electron chi connectivity index (χ4n) is 1.90. The summed E-state index contributed by atoms with van der Waals surface area (Å²) in [7, 11) is 1.40. The molecule has 0 atom stereocenters. The number of anilines is 1. The van der Waals surface area contributed by atoms with Gasteiger partial charge < -0.3 is 24.4 Å². The fraction of sp³-hybridized carbons (Fsp3) is 0.333. The van der Waals surface area contributed by atoms with Gasteiger partial charge in [0.1, 0.15) is 25.2 Å². The molecular formula is C15H15F3N2O5. The highest BCUT2D eigenvalue weighted by Gasteiger charge is 2.31. The van der Waals surface area contributed by atoms with Crippen LogP contribution in [-0.2, 0) is 19.1 Å². The van der Waals surface area contributed by atoms with Gasteiger partial charge in [0.25, 0.3) is 5.91 Å². The third-order valence-electron chi connectivity index (χ3n) is 2.96. The van der Waals surface area contributed by atoms with Crippen molar-refractivity contribution in [2.75, 3.05) is 32.1 Å². The first-order valence-electron chi connectivity index (χ1n) is 7.10. The Kier molecular flexibility index (Phi) is 5.73. The van der Waals surface area contributed by atoms with Crippen LogP contribution in [0.4, 0.5) is 18.9 Å². The standard InChI is InChI=1S/C15H15F3N2O5/c1-20(14(22)12-9-23-6-7-24-12)8-13(21)19-10-2-4-11(5-3-10)25-15(16,17)18/h2-5,9H,6-8H2,1H3,(H,19,21). The molecule has 1 aliphatic rings. The highest BCUT2D eigenvalue weighted by atomic mass is 19.4. The predicted octanol–water partition coefficient (Wildman–Crippen LogP) is 1.87. The summed E-state index contributed by atoms with van der Waals surface area (Å²) >= 11 is 0. The topological polar surface area (TPSA) is 77.1 Å². The molecular weight excluding hydrogens is 345 g/mol. The lowest BCUT2D eigenvalue weighted by molar-refractivity contribution is -0.274. The molecule has 0 aliphatic carbocycles. The zero-order chi connectivity index (χ0) is 18.4. The number of hydrogen-bond acceptors (Lipinski definition) is 5. The van der Waals surface area contributed by atoms with E-state index in [0.717, 1.165) is 17.0 Å². The van der Waals surface area contributed by atoms with E-state index in [0.29, 0.717) is 6.61 Å². The van der Waals surface area contributed by atoms with Gasteiger partial charge in [-0.25, -0.2) is 0 Å². The van der Waals surface area contributed by atoms with Crippen LogP contribution in [0.2, 0.25) is 0 Å². The maximum absolute atomic E-state index is 12.1. The molecule has 0 radical (unpaired) electrons. The normalized spacial score (nSPS) is 13.8. The maximum atomic E-state index is 12.1. The van der Waals surface area contributed by atoms with Gasteiger partial charge in [-0.2, -0.15) is 0 Å². The van der Waals surface area contributed by atoms with Crippen molar-refractivity contribution < 1.29 is 37.0 Å². The third-order valence-corrected chi connectivity index (χ3v) is 2.96. The summed E-state index contributed by atoms with van der Waals surface area (Å²) < 4.78 is 50.0. The largest absolute Gasteiger partial charge is 0.573 e. The van der Waals surface area contributed by atoms with E-state index in [1.54, 1.807) is 0 Å². The molecule has 0 saturated heterocycles. The summed E-state index contributed by atoms with van der Waals surface area (Å²) in [6, 6.07) is 4.63. The van der Waals surface area contributed by atoms with E-state index < -0.39 is 23.9 Å². The van der Waals surface area contributed by atoms with Crippen molar-refractivity contribution in [1.29, 1.82) is 0 Å². The lowest BCUT2D eigenvalue weighted by Gasteiger charge is -2.20. The Morgan fingerprint density at radius 1 is 1.24 bits per heavy atom. The number of rotatable bonds is 5. The van der Waals surface area contributed by atoms with Gasteiger partial charge in [0.15, 0.2) is 0 Å². The van der Waals surface area contributed by atoms with Crippen LogP contribution in [0.25, 0.3) is 0 Å². The number of hydrogen-bond donors (Lipinski definition) is 1. The molecule has 0 unspecified atom stereocenters. The number of carbonyl (C=O) groups excluding carboxylic acids is 2. The van der Waals surface area contributed by atoms with Crippen molar-refractivity contribution in [3.05, 3.63) is 36.3 Å². The summed E-state index contributed by atoms with van der Waals surface area (Å²) in [6.07, 6.45) is -3.60. The molecule has 0 spiro atoms. The van der Waals surface area contributed by atoms with E-state index >= 15 is 0 Å². The number of amides is 2. The number of benzene rings is 1. The molecule has 0 fully saturated rings. The predicted molar refractivity (Wildman–Crippen MR) is 79.4 cm³/mol. The number of nitrogens with one attached hydrogen (secondary N) is 1. The zero-order valence-corrected chi connectivity index (χ0v) is 13.1. The molecule has 10 heteroatoms. The lowest BCUT2D eigenvalue weighted by atomic mass is 10.3. The average molecular weight is 360 g/mol. The van der Waals surface area contributed by atoms with Gasteiger partial charge in [-0.05, 0) is 24.3 Å². The molecule has 2 rings (SSSR count). The summed E-state index contributed by atoms with van der Waals surface area (Å²) in [5.74, 6) is -1.46. The molecule has 0 aromatic heterocycles. The summed E-state index contributed by atoms with van der Waals surface area (Å²) in [5.41, 5.74) is 0.261. The van der Waals surface area contributed by atoms with Gasteiger partial charge in [0, 0.05) is 12.7 Å². The highest BCUT2D eigenvalue weighted by molar-refractivity contribution is 5.97. The van der Waals surface area contributed by atoms with Crippen LogP contribution in [0.3, 0.4) is 0 Å². The molecule has 0 saturated carbocycles. The molecule has 1 heterocycles. The number of halogens is 3. The Morgan fingerprint density at radius 3 is 2.48 bits per heavy atom. The zero-order valence-electron chi connectivity index (χ0n) is 13.1. The van der Waals surface area contributed by atoms with E-state index in [-0.39, 0.29) is 24.6 Å². The molecule has 1 aromatic carbocycles. The average Bonchev–Trinajstić information content (AvgIpc) is 2.55. The quantitative estimate of drug-likeness (QED) is 0.868. The maximum Gasteiger partial charge on any atom is 0.573 e. The van der Waals surface area contributed by atoms with Crippen LogP contribution < -0.4 is 10.1 Å². The Hall–Kier alpha value is -2.91. The van der Waals surface area contributed by atoms with Crippen molar-refractivity contribution in [1.82, 2.24) is 4.90 Å². The van der Waals surface area contributed by atoms with Gasteiger partial charge in [-0.15, -0.1) is 13.2 Å². The molecule has 1 aromatic rings. The third kappa shape index (κ3) is 5.90. The minimum absolute atomic E-state index is 0.00444. The van der Waals surface area contributed by atoms with Crippen LogP contribution >= 0.6 is 0 Å². The second-order valence-electron chi connectivity index (χ2n) is 4.98. The summed E-state index contributed by atoms with van der Waals surface area (Å²) in [5, 5.41) is 2.46. The lowest BCUT2D eigenvalue weighted by Crippen LogP contribution is -2.37. The van der Waals surface area contributed by atoms with Crippen LogP contribution in [0.5, 0.6) is 5.75 Å². The van der Waals surface area contributed by atoms with Crippen molar-refractivity contribution >= 4 is 17.5 Å².